The van der Waals surface area contributed by atoms with Gasteiger partial charge in [0.25, 0.3) is 0 Å². The molecule has 0 spiro atoms. The Morgan fingerprint density at radius 3 is 2.70 bits per heavy atom. The van der Waals surface area contributed by atoms with Gasteiger partial charge < -0.3 is 10.3 Å². The van der Waals surface area contributed by atoms with E-state index in [1.807, 2.05) is 0 Å². The first-order chi connectivity index (χ1) is 10.6. The Morgan fingerprint density at radius 1 is 1.26 bits per heavy atom. The van der Waals surface area contributed by atoms with Crippen LogP contribution in [-0.2, 0) is 5.54 Å². The predicted octanol–water partition coefficient (Wildman–Crippen LogP) is 4.28. The van der Waals surface area contributed by atoms with E-state index in [1.165, 1.54) is 6.07 Å². The lowest BCUT2D eigenvalue weighted by atomic mass is 9.99. The summed E-state index contributed by atoms with van der Waals surface area (Å²) in [6.07, 6.45) is 4.74. The Bertz CT molecular complexity index is 695. The van der Waals surface area contributed by atoms with Gasteiger partial charge in [-0.2, -0.15) is 4.98 Å². The fraction of sp³-hybridized carbons (Fsp3) is 0.500. The maximum atomic E-state index is 14.0. The lowest BCUT2D eigenvalue weighted by molar-refractivity contribution is 0.348. The maximum Gasteiger partial charge on any atom is 0.230 e. The Hall–Kier alpha value is -1.17. The van der Waals surface area contributed by atoms with Gasteiger partial charge >= 0.3 is 0 Å². The average molecular weight is 358 g/mol. The first-order valence-electron chi connectivity index (χ1n) is 7.65. The minimum absolute atomic E-state index is 0. The van der Waals surface area contributed by atoms with Crippen LogP contribution in [0.15, 0.2) is 22.7 Å². The van der Waals surface area contributed by atoms with Gasteiger partial charge in [0.05, 0.1) is 5.54 Å². The van der Waals surface area contributed by atoms with Crippen molar-refractivity contribution in [3.8, 4) is 0 Å². The van der Waals surface area contributed by atoms with Crippen LogP contribution in [0.4, 0.5) is 4.39 Å². The van der Waals surface area contributed by atoms with Crippen molar-refractivity contribution < 1.29 is 8.91 Å². The first kappa shape index (κ1) is 16.7. The zero-order valence-electron chi connectivity index (χ0n) is 12.5. The molecular weight excluding hydrogens is 340 g/mol. The molecule has 7 heteroatoms. The van der Waals surface area contributed by atoms with Crippen molar-refractivity contribution in [3.63, 3.8) is 0 Å². The highest BCUT2D eigenvalue weighted by Crippen LogP contribution is 2.56. The van der Waals surface area contributed by atoms with Crippen LogP contribution >= 0.6 is 24.0 Å². The molecular formula is C16H18Cl2FN3O. The quantitative estimate of drug-likeness (QED) is 0.889. The number of hydrogen-bond acceptors (Lipinski definition) is 4. The minimum atomic E-state index is -0.457. The SMILES string of the molecule is Cl.NC1(c2noc(C3CC3c3c(F)cccc3Cl)n2)CCCC1. The summed E-state index contributed by atoms with van der Waals surface area (Å²) in [6.45, 7) is 0. The Labute approximate surface area is 145 Å². The van der Waals surface area contributed by atoms with Crippen LogP contribution in [0.1, 0.15) is 61.2 Å². The summed E-state index contributed by atoms with van der Waals surface area (Å²) in [7, 11) is 0. The Morgan fingerprint density at radius 2 is 2.00 bits per heavy atom. The number of benzene rings is 1. The molecule has 0 saturated heterocycles. The summed E-state index contributed by atoms with van der Waals surface area (Å²) < 4.78 is 19.4. The third-order valence-corrected chi connectivity index (χ3v) is 5.19. The van der Waals surface area contributed by atoms with Gasteiger partial charge in [-0.25, -0.2) is 4.39 Å². The molecule has 0 bridgehead atoms. The zero-order chi connectivity index (χ0) is 15.3. The number of hydrogen-bond donors (Lipinski definition) is 1. The zero-order valence-corrected chi connectivity index (χ0v) is 14.0. The van der Waals surface area contributed by atoms with E-state index in [4.69, 9.17) is 21.9 Å². The molecule has 2 aliphatic rings. The van der Waals surface area contributed by atoms with Gasteiger partial charge in [0, 0.05) is 22.4 Å². The molecule has 0 amide bonds. The van der Waals surface area contributed by atoms with Crippen molar-refractivity contribution in [3.05, 3.63) is 46.3 Å². The van der Waals surface area contributed by atoms with E-state index in [0.29, 0.717) is 22.3 Å². The molecule has 0 aliphatic heterocycles. The summed E-state index contributed by atoms with van der Waals surface area (Å²) in [5.41, 5.74) is 6.44. The van der Waals surface area contributed by atoms with Gasteiger partial charge in [-0.05, 0) is 31.4 Å². The first-order valence-corrected chi connectivity index (χ1v) is 8.03. The molecule has 2 unspecified atom stereocenters. The molecule has 2 saturated carbocycles. The van der Waals surface area contributed by atoms with Crippen LogP contribution in [-0.4, -0.2) is 10.1 Å². The number of nitrogens with zero attached hydrogens (tertiary/aromatic N) is 2. The monoisotopic (exact) mass is 357 g/mol. The number of aromatic nitrogens is 2. The van der Waals surface area contributed by atoms with Crippen molar-refractivity contribution in [2.24, 2.45) is 5.73 Å². The highest BCUT2D eigenvalue weighted by atomic mass is 35.5. The van der Waals surface area contributed by atoms with Crippen LogP contribution in [0.3, 0.4) is 0 Å². The van der Waals surface area contributed by atoms with Crippen LogP contribution < -0.4 is 5.73 Å². The molecule has 4 nitrogen and oxygen atoms in total. The summed E-state index contributed by atoms with van der Waals surface area (Å²) in [6, 6.07) is 4.76. The molecule has 2 atom stereocenters. The maximum absolute atomic E-state index is 14.0. The highest BCUT2D eigenvalue weighted by Gasteiger charge is 2.47. The van der Waals surface area contributed by atoms with Gasteiger partial charge in [0.1, 0.15) is 5.82 Å². The average Bonchev–Trinajstić information content (AvgIpc) is 2.91. The Balaban J connectivity index is 0.00000156. The Kier molecular flexibility index (Phi) is 4.38. The largest absolute Gasteiger partial charge is 0.339 e. The predicted molar refractivity (Wildman–Crippen MR) is 87.4 cm³/mol. The molecule has 23 heavy (non-hydrogen) atoms. The summed E-state index contributed by atoms with van der Waals surface area (Å²) >= 11 is 6.12. The molecule has 1 aromatic heterocycles. The third-order valence-electron chi connectivity index (χ3n) is 4.86. The third kappa shape index (κ3) is 2.86. The number of nitrogens with two attached hydrogens (primary N) is 1. The van der Waals surface area contributed by atoms with Gasteiger partial charge in [-0.3, -0.25) is 0 Å². The van der Waals surface area contributed by atoms with E-state index in [1.54, 1.807) is 12.1 Å². The van der Waals surface area contributed by atoms with Gasteiger partial charge in [0.2, 0.25) is 5.89 Å². The van der Waals surface area contributed by atoms with Crippen molar-refractivity contribution in [1.82, 2.24) is 10.1 Å². The summed E-state index contributed by atoms with van der Waals surface area (Å²) in [4.78, 5) is 4.49. The standard InChI is InChI=1S/C16H17ClFN3O.ClH/c17-11-4-3-5-12(18)13(11)9-8-10(9)14-20-15(21-22-14)16(19)6-1-2-7-16;/h3-5,9-10H,1-2,6-8,19H2;1H. The van der Waals surface area contributed by atoms with Gasteiger partial charge in [-0.1, -0.05) is 35.7 Å². The lowest BCUT2D eigenvalue weighted by Gasteiger charge is -2.17. The highest BCUT2D eigenvalue weighted by molar-refractivity contribution is 6.31. The van der Waals surface area contributed by atoms with E-state index in [2.05, 4.69) is 10.1 Å². The fourth-order valence-corrected chi connectivity index (χ4v) is 3.77. The van der Waals surface area contributed by atoms with Crippen LogP contribution in [0, 0.1) is 5.82 Å². The smallest absolute Gasteiger partial charge is 0.230 e. The minimum Gasteiger partial charge on any atom is -0.339 e. The van der Waals surface area contributed by atoms with E-state index in [9.17, 15) is 4.39 Å². The van der Waals surface area contributed by atoms with Crippen LogP contribution in [0.5, 0.6) is 0 Å². The second-order valence-corrected chi connectivity index (χ2v) is 6.81. The molecule has 124 valence electrons. The number of rotatable bonds is 3. The van der Waals surface area contributed by atoms with Crippen molar-refractivity contribution in [2.45, 2.75) is 49.5 Å². The normalized spacial score (nSPS) is 25.2. The second-order valence-electron chi connectivity index (χ2n) is 6.40. The topological polar surface area (TPSA) is 64.9 Å². The second kappa shape index (κ2) is 6.04. The molecule has 2 fully saturated rings. The molecule has 0 radical (unpaired) electrons. The molecule has 2 aromatic rings. The molecule has 1 heterocycles. The van der Waals surface area contributed by atoms with E-state index in [0.717, 1.165) is 32.1 Å². The molecule has 1 aromatic carbocycles. The van der Waals surface area contributed by atoms with Gasteiger partial charge in [-0.15, -0.1) is 12.4 Å². The molecule has 2 aliphatic carbocycles. The van der Waals surface area contributed by atoms with E-state index >= 15 is 0 Å². The van der Waals surface area contributed by atoms with Crippen LogP contribution in [0.25, 0.3) is 0 Å². The fourth-order valence-electron chi connectivity index (χ4n) is 3.47. The lowest BCUT2D eigenvalue weighted by Crippen LogP contribution is -2.34. The van der Waals surface area contributed by atoms with Crippen molar-refractivity contribution in [2.75, 3.05) is 0 Å². The summed E-state index contributed by atoms with van der Waals surface area (Å²) in [5.74, 6) is 0.923. The van der Waals surface area contributed by atoms with Crippen molar-refractivity contribution >= 4 is 24.0 Å². The van der Waals surface area contributed by atoms with Gasteiger partial charge in [0.15, 0.2) is 5.82 Å². The van der Waals surface area contributed by atoms with E-state index in [-0.39, 0.29) is 30.1 Å². The van der Waals surface area contributed by atoms with Crippen LogP contribution in [0.2, 0.25) is 5.02 Å². The number of halogens is 3. The molecule has 2 N–H and O–H groups in total. The summed E-state index contributed by atoms with van der Waals surface area (Å²) in [5, 5.41) is 4.52. The molecule has 4 rings (SSSR count). The van der Waals surface area contributed by atoms with Crippen molar-refractivity contribution in [1.29, 1.82) is 0 Å². The van der Waals surface area contributed by atoms with E-state index < -0.39 is 5.54 Å².